The molecule has 17 heavy (non-hydrogen) atoms. The van der Waals surface area contributed by atoms with Gasteiger partial charge in [-0.05, 0) is 18.1 Å². The minimum atomic E-state index is -0.810. The highest BCUT2D eigenvalue weighted by Gasteiger charge is 2.23. The van der Waals surface area contributed by atoms with E-state index in [-0.39, 0.29) is 12.5 Å². The Morgan fingerprint density at radius 3 is 2.94 bits per heavy atom. The fourth-order valence-electron chi connectivity index (χ4n) is 1.94. The molecule has 2 N–H and O–H groups in total. The lowest BCUT2D eigenvalue weighted by Gasteiger charge is -2.28. The van der Waals surface area contributed by atoms with Gasteiger partial charge in [-0.2, -0.15) is 0 Å². The highest BCUT2D eigenvalue weighted by Crippen LogP contribution is 2.18. The Morgan fingerprint density at radius 2 is 2.18 bits per heavy atom. The molecule has 0 bridgehead atoms. The molecule has 0 aliphatic carbocycles. The van der Waals surface area contributed by atoms with E-state index in [0.717, 1.165) is 17.5 Å². The van der Waals surface area contributed by atoms with Crippen molar-refractivity contribution in [1.82, 2.24) is 4.90 Å². The molecular weight excluding hydrogens is 220 g/mol. The van der Waals surface area contributed by atoms with Crippen LogP contribution in [0, 0.1) is 0 Å². The maximum atomic E-state index is 12.0. The van der Waals surface area contributed by atoms with Crippen LogP contribution in [0.2, 0.25) is 0 Å². The van der Waals surface area contributed by atoms with Crippen molar-refractivity contribution in [3.05, 3.63) is 35.4 Å². The molecule has 1 aromatic carbocycles. The first kappa shape index (κ1) is 11.4. The fourth-order valence-corrected chi connectivity index (χ4v) is 1.94. The van der Waals surface area contributed by atoms with E-state index >= 15 is 0 Å². The maximum Gasteiger partial charge on any atom is 0.404 e. The minimum Gasteiger partial charge on any atom is -0.448 e. The normalized spacial score (nSPS) is 14.4. The topological polar surface area (TPSA) is 72.6 Å². The number of carbonyl (C=O) groups is 2. The van der Waals surface area contributed by atoms with E-state index in [0.29, 0.717) is 13.1 Å². The Morgan fingerprint density at radius 1 is 1.41 bits per heavy atom. The second-order valence-corrected chi connectivity index (χ2v) is 3.87. The van der Waals surface area contributed by atoms with Gasteiger partial charge in [0.15, 0.2) is 0 Å². The number of nitrogens with zero attached hydrogens (tertiary/aromatic N) is 1. The number of rotatable bonds is 3. The number of primary amides is 1. The van der Waals surface area contributed by atoms with Gasteiger partial charge in [0.05, 0.1) is 6.54 Å². The summed E-state index contributed by atoms with van der Waals surface area (Å²) < 4.78 is 4.63. The van der Waals surface area contributed by atoms with E-state index < -0.39 is 6.09 Å². The van der Waals surface area contributed by atoms with Gasteiger partial charge >= 0.3 is 6.09 Å². The first-order valence-electron chi connectivity index (χ1n) is 5.48. The molecular formula is C12H14N2O3. The van der Waals surface area contributed by atoms with Gasteiger partial charge in [0.25, 0.3) is 5.91 Å². The predicted molar refractivity (Wildman–Crippen MR) is 61.6 cm³/mol. The molecule has 2 rings (SSSR count). The van der Waals surface area contributed by atoms with Crippen LogP contribution in [0.4, 0.5) is 4.79 Å². The van der Waals surface area contributed by atoms with Crippen LogP contribution in [0.15, 0.2) is 24.3 Å². The van der Waals surface area contributed by atoms with Crippen LogP contribution in [-0.2, 0) is 11.2 Å². The van der Waals surface area contributed by atoms with E-state index in [1.807, 2.05) is 24.3 Å². The van der Waals surface area contributed by atoms with Crippen molar-refractivity contribution in [2.45, 2.75) is 6.42 Å². The third-order valence-electron chi connectivity index (χ3n) is 2.79. The molecule has 0 fully saturated rings. The molecule has 1 aliphatic heterocycles. The zero-order valence-electron chi connectivity index (χ0n) is 9.39. The number of carbonyl (C=O) groups excluding carboxylic acids is 2. The molecule has 0 saturated heterocycles. The molecule has 0 atom stereocenters. The summed E-state index contributed by atoms with van der Waals surface area (Å²) in [5.41, 5.74) is 6.66. The smallest absolute Gasteiger partial charge is 0.404 e. The number of fused-ring (bicyclic) bond motifs is 1. The fraction of sp³-hybridized carbons (Fsp3) is 0.333. The molecule has 0 spiro atoms. The largest absolute Gasteiger partial charge is 0.448 e. The van der Waals surface area contributed by atoms with Crippen LogP contribution in [0.5, 0.6) is 0 Å². The molecule has 0 saturated carbocycles. The number of benzene rings is 1. The summed E-state index contributed by atoms with van der Waals surface area (Å²) in [6.07, 6.45) is 0.0215. The van der Waals surface area contributed by atoms with Gasteiger partial charge in [-0.1, -0.05) is 18.2 Å². The zero-order valence-corrected chi connectivity index (χ0v) is 9.39. The molecule has 1 heterocycles. The summed E-state index contributed by atoms with van der Waals surface area (Å²) in [5, 5.41) is 0. The van der Waals surface area contributed by atoms with Crippen LogP contribution in [0.3, 0.4) is 0 Å². The first-order chi connectivity index (χ1) is 8.18. The second kappa shape index (κ2) is 4.86. The van der Waals surface area contributed by atoms with Gasteiger partial charge in [0, 0.05) is 12.1 Å². The molecule has 5 heteroatoms. The number of nitrogens with two attached hydrogens (primary N) is 1. The highest BCUT2D eigenvalue weighted by atomic mass is 16.5. The lowest BCUT2D eigenvalue weighted by Crippen LogP contribution is -2.40. The van der Waals surface area contributed by atoms with Crippen LogP contribution in [0.1, 0.15) is 15.9 Å². The van der Waals surface area contributed by atoms with Gasteiger partial charge in [0.1, 0.15) is 6.61 Å². The molecule has 90 valence electrons. The first-order valence-corrected chi connectivity index (χ1v) is 5.48. The van der Waals surface area contributed by atoms with E-state index in [9.17, 15) is 9.59 Å². The summed E-state index contributed by atoms with van der Waals surface area (Å²) in [7, 11) is 0. The molecule has 0 radical (unpaired) electrons. The van der Waals surface area contributed by atoms with E-state index in [1.54, 1.807) is 4.90 Å². The van der Waals surface area contributed by atoms with Crippen LogP contribution in [0.25, 0.3) is 0 Å². The van der Waals surface area contributed by atoms with Gasteiger partial charge in [-0.15, -0.1) is 0 Å². The Balaban J connectivity index is 2.00. The summed E-state index contributed by atoms with van der Waals surface area (Å²) in [5.74, 6) is -0.0140. The number of hydrogen-bond acceptors (Lipinski definition) is 3. The minimum absolute atomic E-state index is 0.0140. The van der Waals surface area contributed by atoms with Crippen molar-refractivity contribution in [2.24, 2.45) is 5.73 Å². The van der Waals surface area contributed by atoms with E-state index in [1.165, 1.54) is 0 Å². The summed E-state index contributed by atoms with van der Waals surface area (Å²) in [4.78, 5) is 24.1. The lowest BCUT2D eigenvalue weighted by atomic mass is 9.99. The van der Waals surface area contributed by atoms with Crippen LogP contribution < -0.4 is 5.73 Å². The van der Waals surface area contributed by atoms with Crippen molar-refractivity contribution in [3.63, 3.8) is 0 Å². The summed E-state index contributed by atoms with van der Waals surface area (Å²) >= 11 is 0. The third kappa shape index (κ3) is 2.55. The Labute approximate surface area is 99.2 Å². The molecule has 0 aromatic heterocycles. The SMILES string of the molecule is NC(=O)OCCN1CCc2ccccc2C1=O. The Kier molecular flexibility index (Phi) is 3.27. The molecule has 2 amide bonds. The standard InChI is InChI=1S/C12H14N2O3/c13-12(16)17-8-7-14-6-5-9-3-1-2-4-10(9)11(14)15/h1-4H,5-8H2,(H2,13,16). The van der Waals surface area contributed by atoms with Crippen molar-refractivity contribution < 1.29 is 14.3 Å². The van der Waals surface area contributed by atoms with Crippen LogP contribution >= 0.6 is 0 Å². The van der Waals surface area contributed by atoms with Gasteiger partial charge in [0.2, 0.25) is 0 Å². The Hall–Kier alpha value is -2.04. The highest BCUT2D eigenvalue weighted by molar-refractivity contribution is 5.96. The third-order valence-corrected chi connectivity index (χ3v) is 2.79. The summed E-state index contributed by atoms with van der Waals surface area (Å²) in [6, 6.07) is 7.56. The molecule has 5 nitrogen and oxygen atoms in total. The van der Waals surface area contributed by atoms with Crippen molar-refractivity contribution in [2.75, 3.05) is 19.7 Å². The van der Waals surface area contributed by atoms with E-state index in [2.05, 4.69) is 4.74 Å². The quantitative estimate of drug-likeness (QED) is 0.840. The van der Waals surface area contributed by atoms with E-state index in [4.69, 9.17) is 5.73 Å². The number of ether oxygens (including phenoxy) is 1. The maximum absolute atomic E-state index is 12.0. The van der Waals surface area contributed by atoms with Gasteiger partial charge < -0.3 is 15.4 Å². The Bertz CT molecular complexity index is 445. The van der Waals surface area contributed by atoms with Gasteiger partial charge in [-0.3, -0.25) is 4.79 Å². The molecule has 0 unspecified atom stereocenters. The average Bonchev–Trinajstić information content (AvgIpc) is 2.32. The van der Waals surface area contributed by atoms with Crippen molar-refractivity contribution in [1.29, 1.82) is 0 Å². The van der Waals surface area contributed by atoms with Gasteiger partial charge in [-0.25, -0.2) is 4.79 Å². The summed E-state index contributed by atoms with van der Waals surface area (Å²) in [6.45, 7) is 1.18. The lowest BCUT2D eigenvalue weighted by molar-refractivity contribution is 0.0686. The average molecular weight is 234 g/mol. The number of amides is 2. The zero-order chi connectivity index (χ0) is 12.3. The van der Waals surface area contributed by atoms with Crippen molar-refractivity contribution in [3.8, 4) is 0 Å². The number of hydrogen-bond donors (Lipinski definition) is 1. The molecule has 1 aromatic rings. The van der Waals surface area contributed by atoms with Crippen LogP contribution in [-0.4, -0.2) is 36.6 Å². The molecule has 1 aliphatic rings. The monoisotopic (exact) mass is 234 g/mol. The second-order valence-electron chi connectivity index (χ2n) is 3.87. The van der Waals surface area contributed by atoms with Crippen molar-refractivity contribution >= 4 is 12.0 Å². The predicted octanol–water partition coefficient (Wildman–Crippen LogP) is 0.780.